The molecule has 1 aromatic rings. The number of morpholine rings is 1. The predicted octanol–water partition coefficient (Wildman–Crippen LogP) is 3.29. The number of aryl methyl sites for hydroxylation is 1. The van der Waals surface area contributed by atoms with Crippen molar-refractivity contribution in [1.29, 1.82) is 0 Å². The Hall–Kier alpha value is -0.660. The first kappa shape index (κ1) is 15.7. The number of rotatable bonds is 2. The minimum Gasteiger partial charge on any atom is -0.378 e. The molecule has 1 fully saturated rings. The van der Waals surface area contributed by atoms with Crippen LogP contribution in [0.5, 0.6) is 0 Å². The number of ether oxygens (including phenoxy) is 1. The van der Waals surface area contributed by atoms with Crippen molar-refractivity contribution in [3.05, 3.63) is 21.1 Å². The molecule has 1 aromatic heterocycles. The summed E-state index contributed by atoms with van der Waals surface area (Å²) in [6.07, 6.45) is 1.97. The SMILES string of the molecule is C/C=C(\N=C(/C)N1CCOCC1)n1c(Br)nc(C)c1Br. The van der Waals surface area contributed by atoms with Gasteiger partial charge in [0.25, 0.3) is 0 Å². The molecule has 1 aliphatic rings. The highest BCUT2D eigenvalue weighted by Crippen LogP contribution is 2.26. The highest BCUT2D eigenvalue weighted by atomic mass is 79.9. The summed E-state index contributed by atoms with van der Waals surface area (Å²) in [7, 11) is 0. The van der Waals surface area contributed by atoms with Gasteiger partial charge in [-0.15, -0.1) is 0 Å². The lowest BCUT2D eigenvalue weighted by atomic mass is 10.4. The number of aromatic nitrogens is 2. The van der Waals surface area contributed by atoms with Gasteiger partial charge in [-0.2, -0.15) is 0 Å². The Morgan fingerprint density at radius 1 is 1.35 bits per heavy atom. The van der Waals surface area contributed by atoms with Gasteiger partial charge in [-0.1, -0.05) is 0 Å². The van der Waals surface area contributed by atoms with Crippen LogP contribution in [0.4, 0.5) is 0 Å². The molecular formula is C13H18Br2N4O. The van der Waals surface area contributed by atoms with Gasteiger partial charge in [-0.3, -0.25) is 4.57 Å². The number of hydrogen-bond acceptors (Lipinski definition) is 3. The predicted molar refractivity (Wildman–Crippen MR) is 87.8 cm³/mol. The first-order valence-electron chi connectivity index (χ1n) is 6.49. The zero-order valence-electron chi connectivity index (χ0n) is 11.9. The van der Waals surface area contributed by atoms with Crippen LogP contribution in [0.25, 0.3) is 5.82 Å². The maximum absolute atomic E-state index is 5.37. The number of amidine groups is 1. The summed E-state index contributed by atoms with van der Waals surface area (Å²) in [5.41, 5.74) is 0.926. The van der Waals surface area contributed by atoms with Crippen molar-refractivity contribution < 1.29 is 4.74 Å². The van der Waals surface area contributed by atoms with Crippen LogP contribution in [0.2, 0.25) is 0 Å². The van der Waals surface area contributed by atoms with E-state index in [1.54, 1.807) is 0 Å². The smallest absolute Gasteiger partial charge is 0.184 e. The Labute approximate surface area is 136 Å². The maximum Gasteiger partial charge on any atom is 0.184 e. The van der Waals surface area contributed by atoms with E-state index in [4.69, 9.17) is 9.73 Å². The second-order valence-corrected chi connectivity index (χ2v) is 5.96. The average molecular weight is 406 g/mol. The van der Waals surface area contributed by atoms with Gasteiger partial charge < -0.3 is 9.64 Å². The fourth-order valence-electron chi connectivity index (χ4n) is 2.04. The normalized spacial score (nSPS) is 17.8. The molecule has 1 aliphatic heterocycles. The third kappa shape index (κ3) is 3.32. The van der Waals surface area contributed by atoms with Crippen LogP contribution in [-0.4, -0.2) is 46.6 Å². The Morgan fingerprint density at radius 3 is 2.50 bits per heavy atom. The molecule has 7 heteroatoms. The van der Waals surface area contributed by atoms with E-state index >= 15 is 0 Å². The number of halogens is 2. The van der Waals surface area contributed by atoms with Gasteiger partial charge in [-0.05, 0) is 58.7 Å². The molecule has 0 N–H and O–H groups in total. The fourth-order valence-corrected chi connectivity index (χ4v) is 3.34. The molecule has 2 heterocycles. The van der Waals surface area contributed by atoms with Crippen molar-refractivity contribution >= 4 is 43.5 Å². The molecule has 0 unspecified atom stereocenters. The lowest BCUT2D eigenvalue weighted by molar-refractivity contribution is 0.0678. The van der Waals surface area contributed by atoms with E-state index in [1.165, 1.54) is 0 Å². The van der Waals surface area contributed by atoms with Crippen LogP contribution in [0, 0.1) is 6.92 Å². The molecule has 1 saturated heterocycles. The molecule has 0 aliphatic carbocycles. The van der Waals surface area contributed by atoms with Crippen LogP contribution >= 0.6 is 31.9 Å². The second kappa shape index (κ2) is 6.87. The van der Waals surface area contributed by atoms with Crippen molar-refractivity contribution in [2.24, 2.45) is 4.99 Å². The molecule has 0 radical (unpaired) electrons. The Kier molecular flexibility index (Phi) is 5.40. The molecular weight excluding hydrogens is 388 g/mol. The molecule has 0 saturated carbocycles. The number of imidazole rings is 1. The topological polar surface area (TPSA) is 42.6 Å². The summed E-state index contributed by atoms with van der Waals surface area (Å²) in [5.74, 6) is 1.83. The summed E-state index contributed by atoms with van der Waals surface area (Å²) in [5, 5.41) is 0. The Morgan fingerprint density at radius 2 is 2.00 bits per heavy atom. The summed E-state index contributed by atoms with van der Waals surface area (Å²) in [6.45, 7) is 9.25. The first-order chi connectivity index (χ1) is 9.54. The van der Waals surface area contributed by atoms with Crippen molar-refractivity contribution in [3.63, 3.8) is 0 Å². The van der Waals surface area contributed by atoms with E-state index in [1.807, 2.05) is 31.4 Å². The zero-order chi connectivity index (χ0) is 14.7. The molecule has 110 valence electrons. The monoisotopic (exact) mass is 404 g/mol. The van der Waals surface area contributed by atoms with E-state index in [2.05, 4.69) is 41.7 Å². The molecule has 0 bridgehead atoms. The van der Waals surface area contributed by atoms with E-state index in [-0.39, 0.29) is 0 Å². The summed E-state index contributed by atoms with van der Waals surface area (Å²) in [4.78, 5) is 11.4. The van der Waals surface area contributed by atoms with Crippen LogP contribution < -0.4 is 0 Å². The van der Waals surface area contributed by atoms with Gasteiger partial charge >= 0.3 is 0 Å². The largest absolute Gasteiger partial charge is 0.378 e. The summed E-state index contributed by atoms with van der Waals surface area (Å²) in [6, 6.07) is 0. The summed E-state index contributed by atoms with van der Waals surface area (Å²) < 4.78 is 8.97. The lowest BCUT2D eigenvalue weighted by Crippen LogP contribution is -2.39. The molecule has 0 atom stereocenters. The van der Waals surface area contributed by atoms with E-state index < -0.39 is 0 Å². The first-order valence-corrected chi connectivity index (χ1v) is 8.08. The van der Waals surface area contributed by atoms with Gasteiger partial charge in [0.2, 0.25) is 0 Å². The van der Waals surface area contributed by atoms with Crippen molar-refractivity contribution in [2.45, 2.75) is 20.8 Å². The van der Waals surface area contributed by atoms with E-state index in [9.17, 15) is 0 Å². The highest BCUT2D eigenvalue weighted by molar-refractivity contribution is 9.11. The maximum atomic E-state index is 5.37. The quantitative estimate of drug-likeness (QED) is 0.560. The van der Waals surface area contributed by atoms with Gasteiger partial charge in [0.15, 0.2) is 4.73 Å². The minimum absolute atomic E-state index is 0.744. The number of hydrogen-bond donors (Lipinski definition) is 0. The number of allylic oxidation sites excluding steroid dienone is 1. The van der Waals surface area contributed by atoms with E-state index in [0.29, 0.717) is 0 Å². The number of aliphatic imine (C=N–C) groups is 1. The molecule has 20 heavy (non-hydrogen) atoms. The molecule has 0 spiro atoms. The minimum atomic E-state index is 0.744. The fraction of sp³-hybridized carbons (Fsp3) is 0.538. The standard InChI is InChI=1S/C13H18Br2N4O/c1-4-11(19-12(14)9(2)16-13(19)15)17-10(3)18-5-7-20-8-6-18/h4H,5-8H2,1-3H3/b11-4+,17-10+. The van der Waals surface area contributed by atoms with Crippen LogP contribution in [-0.2, 0) is 4.74 Å². The third-order valence-corrected chi connectivity index (χ3v) is 4.63. The molecule has 5 nitrogen and oxygen atoms in total. The van der Waals surface area contributed by atoms with Gasteiger partial charge in [0.05, 0.1) is 18.9 Å². The van der Waals surface area contributed by atoms with Crippen LogP contribution in [0.3, 0.4) is 0 Å². The van der Waals surface area contributed by atoms with Crippen LogP contribution in [0.1, 0.15) is 19.5 Å². The lowest BCUT2D eigenvalue weighted by Gasteiger charge is -2.28. The molecule has 0 aromatic carbocycles. The van der Waals surface area contributed by atoms with Crippen molar-refractivity contribution in [3.8, 4) is 0 Å². The highest BCUT2D eigenvalue weighted by Gasteiger charge is 2.16. The van der Waals surface area contributed by atoms with Crippen LogP contribution in [0.15, 0.2) is 20.4 Å². The second-order valence-electron chi connectivity index (χ2n) is 4.50. The third-order valence-electron chi connectivity index (χ3n) is 3.17. The average Bonchev–Trinajstić information content (AvgIpc) is 2.71. The number of nitrogens with zero attached hydrogens (tertiary/aromatic N) is 4. The van der Waals surface area contributed by atoms with E-state index in [0.717, 1.165) is 53.0 Å². The van der Waals surface area contributed by atoms with Gasteiger partial charge in [0.1, 0.15) is 16.3 Å². The van der Waals surface area contributed by atoms with Gasteiger partial charge in [-0.25, -0.2) is 9.98 Å². The summed E-state index contributed by atoms with van der Waals surface area (Å²) >= 11 is 7.03. The Balaban J connectivity index is 2.29. The Bertz CT molecular complexity index is 545. The van der Waals surface area contributed by atoms with Gasteiger partial charge in [0, 0.05) is 13.1 Å². The molecule has 0 amide bonds. The van der Waals surface area contributed by atoms with Crippen molar-refractivity contribution in [2.75, 3.05) is 26.3 Å². The zero-order valence-corrected chi connectivity index (χ0v) is 15.0. The van der Waals surface area contributed by atoms with Crippen molar-refractivity contribution in [1.82, 2.24) is 14.5 Å². The molecule has 2 rings (SSSR count).